The minimum atomic E-state index is -1.12. The van der Waals surface area contributed by atoms with Gasteiger partial charge in [-0.15, -0.1) is 0 Å². The molecule has 1 amide bonds. The van der Waals surface area contributed by atoms with Gasteiger partial charge in [-0.25, -0.2) is 9.18 Å². The van der Waals surface area contributed by atoms with Crippen LogP contribution in [-0.4, -0.2) is 23.5 Å². The van der Waals surface area contributed by atoms with Gasteiger partial charge in [0.25, 0.3) is 0 Å². The highest BCUT2D eigenvalue weighted by Crippen LogP contribution is 2.05. The zero-order chi connectivity index (χ0) is 11.3. The Labute approximate surface area is 85.7 Å². The second-order valence-electron chi connectivity index (χ2n) is 3.01. The monoisotopic (exact) mass is 211 g/mol. The third-order valence-electron chi connectivity index (χ3n) is 1.92. The van der Waals surface area contributed by atoms with E-state index in [1.165, 1.54) is 24.3 Å². The van der Waals surface area contributed by atoms with E-state index in [1.807, 2.05) is 0 Å². The number of rotatable bonds is 5. The molecule has 0 fully saturated rings. The normalized spacial score (nSPS) is 11.8. The summed E-state index contributed by atoms with van der Waals surface area (Å²) in [5.41, 5.74) is 0.651. The van der Waals surface area contributed by atoms with E-state index in [1.54, 1.807) is 0 Å². The summed E-state index contributed by atoms with van der Waals surface area (Å²) in [6.07, 6.45) is 0.469. The number of halogens is 1. The van der Waals surface area contributed by atoms with Crippen LogP contribution in [0.2, 0.25) is 0 Å². The van der Waals surface area contributed by atoms with E-state index in [-0.39, 0.29) is 12.2 Å². The van der Waals surface area contributed by atoms with Crippen molar-refractivity contribution in [1.29, 1.82) is 0 Å². The average Bonchev–Trinajstić information content (AvgIpc) is 2.20. The number of hydrogen-bond donors (Lipinski definition) is 2. The summed E-state index contributed by atoms with van der Waals surface area (Å²) < 4.78 is 12.5. The lowest BCUT2D eigenvalue weighted by Gasteiger charge is -2.10. The SMILES string of the molecule is O=CN[C@@H](Cc1ccc(F)cc1)C(=O)O. The van der Waals surface area contributed by atoms with Crippen LogP contribution in [0, 0.1) is 5.82 Å². The molecule has 0 aliphatic carbocycles. The van der Waals surface area contributed by atoms with Gasteiger partial charge in [0.1, 0.15) is 11.9 Å². The molecule has 1 aromatic carbocycles. The Kier molecular flexibility index (Phi) is 3.79. The first-order valence-corrected chi connectivity index (χ1v) is 4.30. The van der Waals surface area contributed by atoms with Crippen LogP contribution in [0.5, 0.6) is 0 Å². The van der Waals surface area contributed by atoms with Gasteiger partial charge in [-0.3, -0.25) is 4.79 Å². The van der Waals surface area contributed by atoms with E-state index in [2.05, 4.69) is 5.32 Å². The molecule has 80 valence electrons. The fourth-order valence-corrected chi connectivity index (χ4v) is 1.16. The van der Waals surface area contributed by atoms with Crippen LogP contribution in [0.15, 0.2) is 24.3 Å². The van der Waals surface area contributed by atoms with Gasteiger partial charge in [0.15, 0.2) is 0 Å². The van der Waals surface area contributed by atoms with Crippen LogP contribution < -0.4 is 5.32 Å². The Hall–Kier alpha value is -1.91. The van der Waals surface area contributed by atoms with Crippen LogP contribution in [0.25, 0.3) is 0 Å². The smallest absolute Gasteiger partial charge is 0.326 e. The van der Waals surface area contributed by atoms with Gasteiger partial charge in [-0.2, -0.15) is 0 Å². The molecule has 0 heterocycles. The van der Waals surface area contributed by atoms with Gasteiger partial charge in [0.2, 0.25) is 6.41 Å². The van der Waals surface area contributed by atoms with E-state index in [0.29, 0.717) is 12.0 Å². The number of amides is 1. The predicted octanol–water partition coefficient (Wildman–Crippen LogP) is 0.567. The van der Waals surface area contributed by atoms with Crippen molar-refractivity contribution in [3.05, 3.63) is 35.6 Å². The molecular weight excluding hydrogens is 201 g/mol. The molecule has 0 radical (unpaired) electrons. The molecule has 0 unspecified atom stereocenters. The number of nitrogens with one attached hydrogen (secondary N) is 1. The van der Waals surface area contributed by atoms with Crippen LogP contribution in [0.3, 0.4) is 0 Å². The van der Waals surface area contributed by atoms with Crippen molar-refractivity contribution < 1.29 is 19.1 Å². The standard InChI is InChI=1S/C10H10FNO3/c11-8-3-1-7(2-4-8)5-9(10(14)15)12-6-13/h1-4,6,9H,5H2,(H,12,13)(H,14,15)/t9-/m0/s1. The number of carboxylic acid groups (broad SMARTS) is 1. The number of aliphatic carboxylic acids is 1. The summed E-state index contributed by atoms with van der Waals surface area (Å²) in [5.74, 6) is -1.50. The molecule has 0 saturated heterocycles. The number of carbonyl (C=O) groups is 2. The van der Waals surface area contributed by atoms with Crippen molar-refractivity contribution in [3.8, 4) is 0 Å². The molecule has 1 rings (SSSR count). The van der Waals surface area contributed by atoms with Gasteiger partial charge in [0.05, 0.1) is 0 Å². The highest BCUT2D eigenvalue weighted by atomic mass is 19.1. The van der Waals surface area contributed by atoms with Crippen LogP contribution >= 0.6 is 0 Å². The predicted molar refractivity (Wildman–Crippen MR) is 50.7 cm³/mol. The molecule has 0 aromatic heterocycles. The minimum absolute atomic E-state index is 0.133. The molecule has 0 aliphatic rings. The lowest BCUT2D eigenvalue weighted by Crippen LogP contribution is -2.37. The quantitative estimate of drug-likeness (QED) is 0.699. The lowest BCUT2D eigenvalue weighted by atomic mass is 10.1. The van der Waals surface area contributed by atoms with Gasteiger partial charge in [-0.1, -0.05) is 12.1 Å². The Balaban J connectivity index is 2.69. The molecule has 5 heteroatoms. The maximum Gasteiger partial charge on any atom is 0.326 e. The van der Waals surface area contributed by atoms with Crippen LogP contribution in [-0.2, 0) is 16.0 Å². The maximum absolute atomic E-state index is 12.5. The van der Waals surface area contributed by atoms with Gasteiger partial charge >= 0.3 is 5.97 Å². The van der Waals surface area contributed by atoms with E-state index < -0.39 is 12.0 Å². The molecule has 4 nitrogen and oxygen atoms in total. The van der Waals surface area contributed by atoms with Crippen molar-refractivity contribution in [2.45, 2.75) is 12.5 Å². The number of hydrogen-bond acceptors (Lipinski definition) is 2. The van der Waals surface area contributed by atoms with Crippen LogP contribution in [0.4, 0.5) is 4.39 Å². The molecule has 2 N–H and O–H groups in total. The second-order valence-corrected chi connectivity index (χ2v) is 3.01. The summed E-state index contributed by atoms with van der Waals surface area (Å²) in [4.78, 5) is 20.8. The number of carbonyl (C=O) groups excluding carboxylic acids is 1. The first-order chi connectivity index (χ1) is 7.13. The summed E-state index contributed by atoms with van der Waals surface area (Å²) in [6.45, 7) is 0. The second kappa shape index (κ2) is 5.09. The highest BCUT2D eigenvalue weighted by molar-refractivity contribution is 5.76. The molecule has 0 bridgehead atoms. The largest absolute Gasteiger partial charge is 0.480 e. The Morgan fingerprint density at radius 2 is 2.07 bits per heavy atom. The summed E-state index contributed by atoms with van der Waals surface area (Å²) >= 11 is 0. The molecular formula is C10H10FNO3. The Morgan fingerprint density at radius 1 is 1.47 bits per heavy atom. The fourth-order valence-electron chi connectivity index (χ4n) is 1.16. The van der Waals surface area contributed by atoms with E-state index in [4.69, 9.17) is 5.11 Å². The van der Waals surface area contributed by atoms with Gasteiger partial charge < -0.3 is 10.4 Å². The zero-order valence-corrected chi connectivity index (χ0v) is 7.81. The first kappa shape index (κ1) is 11.2. The first-order valence-electron chi connectivity index (χ1n) is 4.30. The average molecular weight is 211 g/mol. The van der Waals surface area contributed by atoms with E-state index in [0.717, 1.165) is 0 Å². The topological polar surface area (TPSA) is 66.4 Å². The lowest BCUT2D eigenvalue weighted by molar-refractivity contribution is -0.140. The maximum atomic E-state index is 12.5. The number of carboxylic acids is 1. The Morgan fingerprint density at radius 3 is 2.53 bits per heavy atom. The minimum Gasteiger partial charge on any atom is -0.480 e. The Bertz CT molecular complexity index is 350. The summed E-state index contributed by atoms with van der Waals surface area (Å²) in [6, 6.07) is 4.48. The molecule has 0 spiro atoms. The van der Waals surface area contributed by atoms with Crippen molar-refractivity contribution >= 4 is 12.4 Å². The van der Waals surface area contributed by atoms with Crippen molar-refractivity contribution in [2.75, 3.05) is 0 Å². The zero-order valence-electron chi connectivity index (χ0n) is 7.81. The third kappa shape index (κ3) is 3.38. The highest BCUT2D eigenvalue weighted by Gasteiger charge is 2.16. The number of benzene rings is 1. The van der Waals surface area contributed by atoms with Gasteiger partial charge in [0, 0.05) is 6.42 Å². The molecule has 0 aliphatic heterocycles. The van der Waals surface area contributed by atoms with E-state index in [9.17, 15) is 14.0 Å². The van der Waals surface area contributed by atoms with E-state index >= 15 is 0 Å². The van der Waals surface area contributed by atoms with Crippen molar-refractivity contribution in [3.63, 3.8) is 0 Å². The summed E-state index contributed by atoms with van der Waals surface area (Å²) in [7, 11) is 0. The van der Waals surface area contributed by atoms with Crippen molar-refractivity contribution in [2.24, 2.45) is 0 Å². The fraction of sp³-hybridized carbons (Fsp3) is 0.200. The van der Waals surface area contributed by atoms with Gasteiger partial charge in [-0.05, 0) is 17.7 Å². The third-order valence-corrected chi connectivity index (χ3v) is 1.92. The molecule has 0 saturated carbocycles. The summed E-state index contributed by atoms with van der Waals surface area (Å²) in [5, 5.41) is 10.9. The van der Waals surface area contributed by atoms with Crippen molar-refractivity contribution in [1.82, 2.24) is 5.32 Å². The molecule has 15 heavy (non-hydrogen) atoms. The molecule has 1 atom stereocenters. The molecule has 1 aromatic rings. The van der Waals surface area contributed by atoms with Crippen LogP contribution in [0.1, 0.15) is 5.56 Å².